The maximum absolute atomic E-state index is 4.67. The van der Waals surface area contributed by atoms with E-state index in [1.807, 2.05) is 18.5 Å². The summed E-state index contributed by atoms with van der Waals surface area (Å²) in [6, 6.07) is 44.0. The number of aromatic nitrogens is 4. The summed E-state index contributed by atoms with van der Waals surface area (Å²) >= 11 is 0. The summed E-state index contributed by atoms with van der Waals surface area (Å²) < 4.78 is 4.62. The molecule has 1 aliphatic carbocycles. The number of fused-ring (bicyclic) bond motifs is 6. The maximum atomic E-state index is 4.67. The molecule has 0 bridgehead atoms. The average molecular weight is 535 g/mol. The van der Waals surface area contributed by atoms with E-state index in [2.05, 4.69) is 134 Å². The van der Waals surface area contributed by atoms with Gasteiger partial charge in [-0.3, -0.25) is 4.57 Å². The predicted octanol–water partition coefficient (Wildman–Crippen LogP) is 9.47. The van der Waals surface area contributed by atoms with Crippen molar-refractivity contribution < 1.29 is 0 Å². The number of hydrogen-bond donors (Lipinski definition) is 0. The van der Waals surface area contributed by atoms with Gasteiger partial charge in [-0.15, -0.1) is 0 Å². The summed E-state index contributed by atoms with van der Waals surface area (Å²) in [5, 5.41) is 7.56. The van der Waals surface area contributed by atoms with Crippen LogP contribution in [0.4, 0.5) is 0 Å². The first-order valence-electron chi connectivity index (χ1n) is 14.3. The van der Waals surface area contributed by atoms with Crippen molar-refractivity contribution in [2.24, 2.45) is 0 Å². The number of para-hydroxylation sites is 2. The minimum Gasteiger partial charge on any atom is -0.309 e. The predicted molar refractivity (Wildman–Crippen MR) is 173 cm³/mol. The van der Waals surface area contributed by atoms with E-state index in [0.717, 1.165) is 16.7 Å². The molecule has 4 nitrogen and oxygen atoms in total. The molecule has 0 aliphatic heterocycles. The van der Waals surface area contributed by atoms with Gasteiger partial charge in [0, 0.05) is 39.6 Å². The normalized spacial score (nSPS) is 12.3. The van der Waals surface area contributed by atoms with E-state index < -0.39 is 0 Å². The van der Waals surface area contributed by atoms with Crippen LogP contribution in [-0.2, 0) is 0 Å². The summed E-state index contributed by atoms with van der Waals surface area (Å²) in [6.07, 6.45) is 3.63. The molecular formula is C38H22N4. The summed E-state index contributed by atoms with van der Waals surface area (Å²) in [5.41, 5.74) is 10.8. The van der Waals surface area contributed by atoms with Gasteiger partial charge < -0.3 is 4.57 Å². The first-order chi connectivity index (χ1) is 20.9. The van der Waals surface area contributed by atoms with Crippen LogP contribution in [0.1, 0.15) is 0 Å². The van der Waals surface area contributed by atoms with Crippen LogP contribution in [0.15, 0.2) is 134 Å². The second-order valence-electron chi connectivity index (χ2n) is 11.1. The topological polar surface area (TPSA) is 35.6 Å². The monoisotopic (exact) mass is 534 g/mol. The van der Waals surface area contributed by atoms with Crippen molar-refractivity contribution in [3.05, 3.63) is 134 Å². The Balaban J connectivity index is 1.44. The van der Waals surface area contributed by atoms with Gasteiger partial charge in [0.25, 0.3) is 0 Å². The van der Waals surface area contributed by atoms with Crippen molar-refractivity contribution in [2.45, 2.75) is 0 Å². The van der Waals surface area contributed by atoms with E-state index in [0.29, 0.717) is 5.95 Å². The van der Waals surface area contributed by atoms with Crippen LogP contribution in [0.25, 0.3) is 88.3 Å². The summed E-state index contributed by atoms with van der Waals surface area (Å²) in [5.74, 6) is 0.687. The Morgan fingerprint density at radius 1 is 0.405 bits per heavy atom. The molecule has 0 spiro atoms. The van der Waals surface area contributed by atoms with Gasteiger partial charge >= 0.3 is 0 Å². The van der Waals surface area contributed by atoms with Gasteiger partial charge in [0.05, 0.1) is 22.1 Å². The van der Waals surface area contributed by atoms with E-state index in [1.54, 1.807) is 0 Å². The Morgan fingerprint density at radius 3 is 2.00 bits per heavy atom. The molecule has 3 heterocycles. The highest BCUT2D eigenvalue weighted by Gasteiger charge is 2.26. The van der Waals surface area contributed by atoms with Crippen molar-refractivity contribution in [1.29, 1.82) is 0 Å². The van der Waals surface area contributed by atoms with Crippen LogP contribution < -0.4 is 0 Å². The first-order valence-corrected chi connectivity index (χ1v) is 14.3. The molecule has 0 radical (unpaired) electrons. The second kappa shape index (κ2) is 7.93. The largest absolute Gasteiger partial charge is 0.309 e. The van der Waals surface area contributed by atoms with Gasteiger partial charge in [-0.25, -0.2) is 9.97 Å². The molecular weight excluding hydrogens is 512 g/mol. The Hall–Kier alpha value is -5.74. The fourth-order valence-electron chi connectivity index (χ4n) is 7.31. The number of rotatable bonds is 2. The van der Waals surface area contributed by atoms with E-state index in [1.165, 1.54) is 65.6 Å². The third kappa shape index (κ3) is 2.71. The Kier molecular flexibility index (Phi) is 4.15. The van der Waals surface area contributed by atoms with Crippen LogP contribution in [0.3, 0.4) is 0 Å². The zero-order chi connectivity index (χ0) is 27.4. The molecule has 0 fully saturated rings. The Bertz CT molecular complexity index is 2560. The zero-order valence-electron chi connectivity index (χ0n) is 22.5. The lowest BCUT2D eigenvalue weighted by Crippen LogP contribution is -2.00. The number of nitrogens with zero attached hydrogens (tertiary/aromatic N) is 4. The van der Waals surface area contributed by atoms with Crippen molar-refractivity contribution in [1.82, 2.24) is 19.1 Å². The van der Waals surface area contributed by atoms with Gasteiger partial charge in [0.15, 0.2) is 0 Å². The third-order valence-corrected chi connectivity index (χ3v) is 8.96. The molecule has 10 rings (SSSR count). The molecule has 0 unspecified atom stereocenters. The third-order valence-electron chi connectivity index (χ3n) is 8.96. The number of benzene rings is 6. The lowest BCUT2D eigenvalue weighted by Gasteiger charge is -2.15. The fraction of sp³-hybridized carbons (Fsp3) is 0. The SMILES string of the molecule is c1ccc(-n2c3ccccc3c3cc4c(cc32)-c2cccc3c2c2c5c-4cccc5ccc2n3-c2ncccn2)cc1. The maximum Gasteiger partial charge on any atom is 0.234 e. The van der Waals surface area contributed by atoms with Gasteiger partial charge in [-0.05, 0) is 81.6 Å². The van der Waals surface area contributed by atoms with Crippen LogP contribution in [0.2, 0.25) is 0 Å². The van der Waals surface area contributed by atoms with Crippen molar-refractivity contribution in [3.63, 3.8) is 0 Å². The van der Waals surface area contributed by atoms with Gasteiger partial charge in [-0.2, -0.15) is 0 Å². The van der Waals surface area contributed by atoms with E-state index in [-0.39, 0.29) is 0 Å². The van der Waals surface area contributed by atoms with Crippen LogP contribution in [-0.4, -0.2) is 19.1 Å². The molecule has 194 valence electrons. The average Bonchev–Trinajstić information content (AvgIpc) is 3.53. The van der Waals surface area contributed by atoms with Gasteiger partial charge in [-0.1, -0.05) is 72.8 Å². The minimum absolute atomic E-state index is 0.687. The summed E-state index contributed by atoms with van der Waals surface area (Å²) in [6.45, 7) is 0. The molecule has 9 aromatic rings. The molecule has 42 heavy (non-hydrogen) atoms. The van der Waals surface area contributed by atoms with E-state index in [4.69, 9.17) is 0 Å². The molecule has 0 N–H and O–H groups in total. The summed E-state index contributed by atoms with van der Waals surface area (Å²) in [7, 11) is 0. The molecule has 0 amide bonds. The Morgan fingerprint density at radius 2 is 1.12 bits per heavy atom. The fourth-order valence-corrected chi connectivity index (χ4v) is 7.31. The highest BCUT2D eigenvalue weighted by Crippen LogP contribution is 2.51. The van der Waals surface area contributed by atoms with Crippen LogP contribution in [0, 0.1) is 0 Å². The van der Waals surface area contributed by atoms with Crippen LogP contribution in [0.5, 0.6) is 0 Å². The van der Waals surface area contributed by atoms with Crippen molar-refractivity contribution in [2.75, 3.05) is 0 Å². The zero-order valence-corrected chi connectivity index (χ0v) is 22.5. The highest BCUT2D eigenvalue weighted by atomic mass is 15.1. The molecule has 1 aliphatic rings. The van der Waals surface area contributed by atoms with E-state index in [9.17, 15) is 0 Å². The second-order valence-corrected chi connectivity index (χ2v) is 11.1. The molecule has 0 saturated heterocycles. The lowest BCUT2D eigenvalue weighted by molar-refractivity contribution is 0.989. The lowest BCUT2D eigenvalue weighted by atomic mass is 9.91. The Labute approximate surface area is 240 Å². The number of hydrogen-bond acceptors (Lipinski definition) is 2. The molecule has 0 atom stereocenters. The standard InChI is InChI=1S/C38H22N4/c1-2-10-24(11-3-1)41-31-15-5-4-12-25(31)30-21-28-26-13-6-9-23-17-18-33-37(35(23)26)36-27(29(28)22-34(30)41)14-7-16-32(36)42(33)38-39-19-8-20-40-38/h1-22H. The highest BCUT2D eigenvalue weighted by molar-refractivity contribution is 6.31. The van der Waals surface area contributed by atoms with Gasteiger partial charge in [0.2, 0.25) is 5.95 Å². The van der Waals surface area contributed by atoms with Crippen LogP contribution >= 0.6 is 0 Å². The molecule has 4 heteroatoms. The van der Waals surface area contributed by atoms with E-state index >= 15 is 0 Å². The quantitative estimate of drug-likeness (QED) is 0.221. The molecule has 3 aromatic heterocycles. The van der Waals surface area contributed by atoms with Gasteiger partial charge in [0.1, 0.15) is 0 Å². The molecule has 0 saturated carbocycles. The smallest absolute Gasteiger partial charge is 0.234 e. The minimum atomic E-state index is 0.687. The van der Waals surface area contributed by atoms with Crippen molar-refractivity contribution >= 4 is 54.4 Å². The summed E-state index contributed by atoms with van der Waals surface area (Å²) in [4.78, 5) is 9.35. The molecule has 6 aromatic carbocycles. The van der Waals surface area contributed by atoms with Crippen molar-refractivity contribution in [3.8, 4) is 33.9 Å². The first kappa shape index (κ1) is 22.0.